The molecule has 0 aliphatic carbocycles. The molecule has 0 radical (unpaired) electrons. The number of rotatable bonds is 3. The zero-order valence-electron chi connectivity index (χ0n) is 9.39. The van der Waals surface area contributed by atoms with Gasteiger partial charge >= 0.3 is 0 Å². The normalized spacial score (nSPS) is 17.5. The molecule has 1 aliphatic rings. The van der Waals surface area contributed by atoms with Crippen molar-refractivity contribution in [2.45, 2.75) is 18.6 Å². The van der Waals surface area contributed by atoms with Gasteiger partial charge in [-0.25, -0.2) is 12.7 Å². The Morgan fingerprint density at radius 2 is 1.94 bits per heavy atom. The van der Waals surface area contributed by atoms with Crippen LogP contribution < -0.4 is 5.73 Å². The Balaban J connectivity index is 2.17. The van der Waals surface area contributed by atoms with Gasteiger partial charge in [-0.2, -0.15) is 0 Å². The van der Waals surface area contributed by atoms with Gasteiger partial charge in [0, 0.05) is 22.3 Å². The van der Waals surface area contributed by atoms with Crippen molar-refractivity contribution in [1.29, 1.82) is 0 Å². The van der Waals surface area contributed by atoms with Crippen LogP contribution >= 0.6 is 22.6 Å². The average Bonchev–Trinajstić information content (AvgIpc) is 2.77. The maximum absolute atomic E-state index is 12.1. The Morgan fingerprint density at radius 1 is 1.29 bits per heavy atom. The van der Waals surface area contributed by atoms with Crippen molar-refractivity contribution in [3.63, 3.8) is 0 Å². The zero-order valence-corrected chi connectivity index (χ0v) is 12.4. The molecule has 2 N–H and O–H groups in total. The number of benzene rings is 1. The standard InChI is InChI=1S/C11H15IN2O2S/c12-10-7-9(3-4-11(10)13)8-17(15,16)14-5-1-2-6-14/h3-4,7H,1-2,5-6,8,13H2. The highest BCUT2D eigenvalue weighted by atomic mass is 127. The van der Waals surface area contributed by atoms with Crippen molar-refractivity contribution >= 4 is 38.3 Å². The van der Waals surface area contributed by atoms with Gasteiger partial charge in [0.2, 0.25) is 10.0 Å². The number of nitrogens with zero attached hydrogens (tertiary/aromatic N) is 1. The molecule has 1 aliphatic heterocycles. The number of hydrogen-bond donors (Lipinski definition) is 1. The Kier molecular flexibility index (Phi) is 3.94. The first kappa shape index (κ1) is 13.1. The lowest BCUT2D eigenvalue weighted by Crippen LogP contribution is -2.29. The lowest BCUT2D eigenvalue weighted by atomic mass is 10.2. The summed E-state index contributed by atoms with van der Waals surface area (Å²) in [5.74, 6) is 0.0727. The van der Waals surface area contributed by atoms with Crippen LogP contribution in [0, 0.1) is 3.57 Å². The molecular formula is C11H15IN2O2S. The van der Waals surface area contributed by atoms with Crippen molar-refractivity contribution in [2.75, 3.05) is 18.8 Å². The number of halogens is 1. The fourth-order valence-corrected chi connectivity index (χ4v) is 4.11. The predicted molar refractivity (Wildman–Crippen MR) is 77.0 cm³/mol. The minimum absolute atomic E-state index is 0.0727. The maximum Gasteiger partial charge on any atom is 0.218 e. The molecule has 94 valence electrons. The maximum atomic E-state index is 12.1. The van der Waals surface area contributed by atoms with E-state index in [0.29, 0.717) is 18.8 Å². The van der Waals surface area contributed by atoms with Crippen LogP contribution in [0.25, 0.3) is 0 Å². The van der Waals surface area contributed by atoms with Crippen LogP contribution in [0.15, 0.2) is 18.2 Å². The van der Waals surface area contributed by atoms with Crippen molar-refractivity contribution in [1.82, 2.24) is 4.31 Å². The van der Waals surface area contributed by atoms with Gasteiger partial charge in [0.25, 0.3) is 0 Å². The fraction of sp³-hybridized carbons (Fsp3) is 0.455. The highest BCUT2D eigenvalue weighted by molar-refractivity contribution is 14.1. The smallest absolute Gasteiger partial charge is 0.218 e. The van der Waals surface area contributed by atoms with E-state index in [0.717, 1.165) is 22.0 Å². The summed E-state index contributed by atoms with van der Waals surface area (Å²) in [5, 5.41) is 0. The molecule has 0 saturated carbocycles. The number of nitrogen functional groups attached to an aromatic ring is 1. The van der Waals surface area contributed by atoms with Gasteiger partial charge in [0.1, 0.15) is 0 Å². The number of anilines is 1. The lowest BCUT2D eigenvalue weighted by Gasteiger charge is -2.15. The topological polar surface area (TPSA) is 63.4 Å². The lowest BCUT2D eigenvalue weighted by molar-refractivity contribution is 0.476. The van der Waals surface area contributed by atoms with Crippen LogP contribution in [-0.4, -0.2) is 25.8 Å². The second kappa shape index (κ2) is 5.11. The molecule has 1 heterocycles. The van der Waals surface area contributed by atoms with Crippen LogP contribution in [0.4, 0.5) is 5.69 Å². The summed E-state index contributed by atoms with van der Waals surface area (Å²) < 4.78 is 26.7. The van der Waals surface area contributed by atoms with Gasteiger partial charge in [-0.3, -0.25) is 0 Å². The van der Waals surface area contributed by atoms with Crippen LogP contribution in [-0.2, 0) is 15.8 Å². The summed E-state index contributed by atoms with van der Waals surface area (Å²) in [6, 6.07) is 5.38. The number of hydrogen-bond acceptors (Lipinski definition) is 3. The third-order valence-electron chi connectivity index (χ3n) is 2.87. The molecule has 0 amide bonds. The van der Waals surface area contributed by atoms with E-state index in [1.165, 1.54) is 0 Å². The van der Waals surface area contributed by atoms with Crippen LogP contribution in [0.2, 0.25) is 0 Å². The molecule has 17 heavy (non-hydrogen) atoms. The van der Waals surface area contributed by atoms with E-state index in [4.69, 9.17) is 5.73 Å². The SMILES string of the molecule is Nc1ccc(CS(=O)(=O)N2CCCC2)cc1I. The number of nitrogens with two attached hydrogens (primary N) is 1. The third kappa shape index (κ3) is 3.11. The Morgan fingerprint density at radius 3 is 2.53 bits per heavy atom. The predicted octanol–water partition coefficient (Wildman–Crippen LogP) is 1.80. The first-order valence-corrected chi connectivity index (χ1v) is 8.19. The van der Waals surface area contributed by atoms with Gasteiger partial charge in [-0.05, 0) is 53.1 Å². The molecule has 6 heteroatoms. The molecule has 1 aromatic carbocycles. The summed E-state index contributed by atoms with van der Waals surface area (Å²) in [7, 11) is -3.15. The Labute approximate surface area is 115 Å². The van der Waals surface area contributed by atoms with Crippen molar-refractivity contribution in [2.24, 2.45) is 0 Å². The van der Waals surface area contributed by atoms with Crippen LogP contribution in [0.5, 0.6) is 0 Å². The van der Waals surface area contributed by atoms with Gasteiger partial charge < -0.3 is 5.73 Å². The zero-order chi connectivity index (χ0) is 12.5. The second-order valence-corrected chi connectivity index (χ2v) is 7.35. The van der Waals surface area contributed by atoms with Gasteiger partial charge in [-0.15, -0.1) is 0 Å². The highest BCUT2D eigenvalue weighted by Crippen LogP contribution is 2.21. The van der Waals surface area contributed by atoms with Crippen molar-refractivity contribution in [3.05, 3.63) is 27.3 Å². The molecule has 0 unspecified atom stereocenters. The second-order valence-electron chi connectivity index (χ2n) is 4.22. The van der Waals surface area contributed by atoms with E-state index < -0.39 is 10.0 Å². The summed E-state index contributed by atoms with van der Waals surface area (Å²) in [6.45, 7) is 1.32. The number of sulfonamides is 1. The van der Waals surface area contributed by atoms with E-state index in [9.17, 15) is 8.42 Å². The summed E-state index contributed by atoms with van der Waals surface area (Å²) in [6.07, 6.45) is 1.94. The first-order chi connectivity index (χ1) is 7.99. The van der Waals surface area contributed by atoms with Crippen LogP contribution in [0.1, 0.15) is 18.4 Å². The van der Waals surface area contributed by atoms with Crippen molar-refractivity contribution < 1.29 is 8.42 Å². The molecule has 1 aromatic rings. The summed E-state index contributed by atoms with van der Waals surface area (Å²) in [5.41, 5.74) is 7.20. The molecule has 4 nitrogen and oxygen atoms in total. The molecule has 2 rings (SSSR count). The quantitative estimate of drug-likeness (QED) is 0.656. The minimum Gasteiger partial charge on any atom is -0.398 e. The van der Waals surface area contributed by atoms with Crippen LogP contribution in [0.3, 0.4) is 0 Å². The highest BCUT2D eigenvalue weighted by Gasteiger charge is 2.25. The Hall–Kier alpha value is -0.340. The average molecular weight is 366 g/mol. The Bertz CT molecular complexity index is 510. The van der Waals surface area contributed by atoms with E-state index in [1.54, 1.807) is 16.4 Å². The van der Waals surface area contributed by atoms with E-state index >= 15 is 0 Å². The summed E-state index contributed by atoms with van der Waals surface area (Å²) >= 11 is 2.12. The summed E-state index contributed by atoms with van der Waals surface area (Å²) in [4.78, 5) is 0. The fourth-order valence-electron chi connectivity index (χ4n) is 1.93. The molecule has 0 bridgehead atoms. The van der Waals surface area contributed by atoms with E-state index in [-0.39, 0.29) is 5.75 Å². The largest absolute Gasteiger partial charge is 0.398 e. The molecule has 0 aromatic heterocycles. The molecule has 0 atom stereocenters. The minimum atomic E-state index is -3.15. The molecule has 1 fully saturated rings. The molecular weight excluding hydrogens is 351 g/mol. The van der Waals surface area contributed by atoms with E-state index in [2.05, 4.69) is 22.6 Å². The van der Waals surface area contributed by atoms with Gasteiger partial charge in [0.05, 0.1) is 5.75 Å². The monoisotopic (exact) mass is 366 g/mol. The van der Waals surface area contributed by atoms with Crippen molar-refractivity contribution in [3.8, 4) is 0 Å². The van der Waals surface area contributed by atoms with E-state index in [1.807, 2.05) is 6.07 Å². The van der Waals surface area contributed by atoms with Gasteiger partial charge in [0.15, 0.2) is 0 Å². The van der Waals surface area contributed by atoms with Gasteiger partial charge in [-0.1, -0.05) is 6.07 Å². The molecule has 1 saturated heterocycles. The molecule has 0 spiro atoms. The third-order valence-corrected chi connectivity index (χ3v) is 5.66. The first-order valence-electron chi connectivity index (χ1n) is 5.51.